The van der Waals surface area contributed by atoms with Crippen molar-refractivity contribution in [1.82, 2.24) is 4.98 Å². The summed E-state index contributed by atoms with van der Waals surface area (Å²) in [5, 5.41) is 8.57. The average Bonchev–Trinajstić information content (AvgIpc) is 2.68. The fourth-order valence-corrected chi connectivity index (χ4v) is 1.19. The predicted molar refractivity (Wildman–Crippen MR) is 47.0 cm³/mol. The molecular formula is C8H10ClNO2. The second-order valence-electron chi connectivity index (χ2n) is 2.93. The molecule has 0 aromatic carbocycles. The first-order valence-corrected chi connectivity index (χ1v) is 3.69. The Labute approximate surface area is 76.2 Å². The predicted octanol–water partition coefficient (Wildman–Crippen LogP) is 2.01. The summed E-state index contributed by atoms with van der Waals surface area (Å²) in [5.74, 6) is -0.253. The molecule has 1 aliphatic carbocycles. The number of rotatable bonds is 2. The van der Waals surface area contributed by atoms with E-state index in [0.29, 0.717) is 11.6 Å². The molecule has 3 nitrogen and oxygen atoms in total. The number of nitrogens with one attached hydrogen (secondary N) is 1. The number of carboxylic acids is 1. The number of aromatic amines is 1. The van der Waals surface area contributed by atoms with E-state index in [9.17, 15) is 4.79 Å². The molecule has 1 aromatic rings. The first kappa shape index (κ1) is 9.13. The molecule has 0 aliphatic heterocycles. The van der Waals surface area contributed by atoms with E-state index in [4.69, 9.17) is 5.11 Å². The smallest absolute Gasteiger partial charge is 0.352 e. The number of H-pyrrole nitrogens is 1. The van der Waals surface area contributed by atoms with E-state index in [-0.39, 0.29) is 12.4 Å². The van der Waals surface area contributed by atoms with Crippen molar-refractivity contribution in [2.45, 2.75) is 18.8 Å². The van der Waals surface area contributed by atoms with Gasteiger partial charge in [0.1, 0.15) is 5.69 Å². The van der Waals surface area contributed by atoms with Gasteiger partial charge in [0.05, 0.1) is 0 Å². The van der Waals surface area contributed by atoms with Crippen molar-refractivity contribution in [3.05, 3.63) is 23.5 Å². The second kappa shape index (κ2) is 3.19. The topological polar surface area (TPSA) is 53.1 Å². The zero-order valence-corrected chi connectivity index (χ0v) is 7.23. The lowest BCUT2D eigenvalue weighted by Gasteiger charge is -1.84. The van der Waals surface area contributed by atoms with Crippen LogP contribution in [-0.2, 0) is 0 Å². The van der Waals surface area contributed by atoms with Gasteiger partial charge in [-0.05, 0) is 30.4 Å². The molecule has 0 spiro atoms. The van der Waals surface area contributed by atoms with E-state index in [0.717, 1.165) is 5.56 Å². The maximum absolute atomic E-state index is 10.4. The Hall–Kier alpha value is -0.960. The molecule has 1 saturated carbocycles. The Morgan fingerprint density at radius 1 is 1.58 bits per heavy atom. The molecule has 0 bridgehead atoms. The summed E-state index contributed by atoms with van der Waals surface area (Å²) in [6.45, 7) is 0. The zero-order chi connectivity index (χ0) is 7.84. The Kier molecular flexibility index (Phi) is 2.43. The molecule has 4 heteroatoms. The third-order valence-corrected chi connectivity index (χ3v) is 1.98. The maximum atomic E-state index is 10.4. The summed E-state index contributed by atoms with van der Waals surface area (Å²) < 4.78 is 0. The number of hydrogen-bond acceptors (Lipinski definition) is 1. The first-order valence-electron chi connectivity index (χ1n) is 3.69. The van der Waals surface area contributed by atoms with E-state index in [1.54, 1.807) is 12.3 Å². The summed E-state index contributed by atoms with van der Waals surface area (Å²) in [6.07, 6.45) is 4.20. The van der Waals surface area contributed by atoms with Gasteiger partial charge in [0.15, 0.2) is 0 Å². The fraction of sp³-hybridized carbons (Fsp3) is 0.375. The monoisotopic (exact) mass is 187 g/mol. The van der Waals surface area contributed by atoms with Crippen molar-refractivity contribution in [3.63, 3.8) is 0 Å². The lowest BCUT2D eigenvalue weighted by atomic mass is 10.2. The van der Waals surface area contributed by atoms with Gasteiger partial charge in [-0.1, -0.05) is 0 Å². The van der Waals surface area contributed by atoms with Crippen LogP contribution < -0.4 is 0 Å². The van der Waals surface area contributed by atoms with Gasteiger partial charge >= 0.3 is 5.97 Å². The SMILES string of the molecule is Cl.O=C(O)c1cc(C2CC2)c[nH]1. The summed E-state index contributed by atoms with van der Waals surface area (Å²) >= 11 is 0. The van der Waals surface area contributed by atoms with Crippen LogP contribution in [0.1, 0.15) is 34.8 Å². The van der Waals surface area contributed by atoms with Gasteiger partial charge in [0, 0.05) is 6.20 Å². The number of hydrogen-bond donors (Lipinski definition) is 2. The molecule has 2 rings (SSSR count). The van der Waals surface area contributed by atoms with Crippen molar-refractivity contribution in [2.24, 2.45) is 0 Å². The zero-order valence-electron chi connectivity index (χ0n) is 6.41. The maximum Gasteiger partial charge on any atom is 0.352 e. The van der Waals surface area contributed by atoms with Gasteiger partial charge in [-0.25, -0.2) is 4.79 Å². The van der Waals surface area contributed by atoms with Crippen molar-refractivity contribution in [3.8, 4) is 0 Å². The summed E-state index contributed by atoms with van der Waals surface area (Å²) in [7, 11) is 0. The number of carboxylic acid groups (broad SMARTS) is 1. The van der Waals surface area contributed by atoms with Crippen LogP contribution in [0.2, 0.25) is 0 Å². The largest absolute Gasteiger partial charge is 0.477 e. The molecule has 0 radical (unpaired) electrons. The van der Waals surface area contributed by atoms with Gasteiger partial charge in [0.25, 0.3) is 0 Å². The van der Waals surface area contributed by atoms with Crippen LogP contribution in [0.4, 0.5) is 0 Å². The summed E-state index contributed by atoms with van der Waals surface area (Å²) in [4.78, 5) is 13.2. The highest BCUT2D eigenvalue weighted by Gasteiger charge is 2.24. The third-order valence-electron chi connectivity index (χ3n) is 1.98. The Morgan fingerprint density at radius 2 is 2.25 bits per heavy atom. The van der Waals surface area contributed by atoms with Crippen molar-refractivity contribution in [2.75, 3.05) is 0 Å². The highest BCUT2D eigenvalue weighted by molar-refractivity contribution is 5.86. The minimum Gasteiger partial charge on any atom is -0.477 e. The van der Waals surface area contributed by atoms with E-state index in [1.807, 2.05) is 0 Å². The molecule has 0 unspecified atom stereocenters. The van der Waals surface area contributed by atoms with Crippen LogP contribution in [0.15, 0.2) is 12.3 Å². The molecule has 1 fully saturated rings. The molecule has 1 aliphatic rings. The van der Waals surface area contributed by atoms with Gasteiger partial charge < -0.3 is 10.1 Å². The van der Waals surface area contributed by atoms with Crippen LogP contribution in [-0.4, -0.2) is 16.1 Å². The standard InChI is InChI=1S/C8H9NO2.ClH/c10-8(11)7-3-6(4-9-7)5-1-2-5;/h3-5,9H,1-2H2,(H,10,11);1H. The van der Waals surface area contributed by atoms with Gasteiger partial charge in [-0.2, -0.15) is 0 Å². The van der Waals surface area contributed by atoms with Gasteiger partial charge in [0.2, 0.25) is 0 Å². The lowest BCUT2D eigenvalue weighted by Crippen LogP contribution is -1.94. The fourth-order valence-electron chi connectivity index (χ4n) is 1.19. The van der Waals surface area contributed by atoms with Crippen LogP contribution in [0, 0.1) is 0 Å². The Balaban J connectivity index is 0.000000720. The van der Waals surface area contributed by atoms with Crippen molar-refractivity contribution in [1.29, 1.82) is 0 Å². The molecule has 66 valence electrons. The lowest BCUT2D eigenvalue weighted by molar-refractivity contribution is 0.0691. The van der Waals surface area contributed by atoms with Crippen LogP contribution in [0.25, 0.3) is 0 Å². The summed E-state index contributed by atoms with van der Waals surface area (Å²) in [5.41, 5.74) is 1.44. The molecular weight excluding hydrogens is 178 g/mol. The molecule has 0 saturated heterocycles. The summed E-state index contributed by atoms with van der Waals surface area (Å²) in [6, 6.07) is 1.72. The quantitative estimate of drug-likeness (QED) is 0.744. The van der Waals surface area contributed by atoms with Gasteiger partial charge in [-0.15, -0.1) is 12.4 Å². The van der Waals surface area contributed by atoms with Crippen LogP contribution in [0.3, 0.4) is 0 Å². The number of halogens is 1. The van der Waals surface area contributed by atoms with E-state index < -0.39 is 5.97 Å². The van der Waals surface area contributed by atoms with Gasteiger partial charge in [-0.3, -0.25) is 0 Å². The second-order valence-corrected chi connectivity index (χ2v) is 2.93. The Morgan fingerprint density at radius 3 is 2.67 bits per heavy atom. The first-order chi connectivity index (χ1) is 5.27. The van der Waals surface area contributed by atoms with Crippen molar-refractivity contribution < 1.29 is 9.90 Å². The molecule has 0 amide bonds. The minimum absolute atomic E-state index is 0. The number of aromatic nitrogens is 1. The average molecular weight is 188 g/mol. The van der Waals surface area contributed by atoms with E-state index in [2.05, 4.69) is 4.98 Å². The minimum atomic E-state index is -0.878. The Bertz CT molecular complexity index is 291. The molecule has 1 heterocycles. The molecule has 1 aromatic heterocycles. The third kappa shape index (κ3) is 1.61. The molecule has 0 atom stereocenters. The molecule has 12 heavy (non-hydrogen) atoms. The van der Waals surface area contributed by atoms with Crippen LogP contribution in [0.5, 0.6) is 0 Å². The normalized spacial score (nSPS) is 15.3. The number of aromatic carboxylic acids is 1. The van der Waals surface area contributed by atoms with E-state index >= 15 is 0 Å². The highest BCUT2D eigenvalue weighted by Crippen LogP contribution is 2.40. The molecule has 2 N–H and O–H groups in total. The van der Waals surface area contributed by atoms with E-state index in [1.165, 1.54) is 12.8 Å². The number of carbonyl (C=O) groups is 1. The van der Waals surface area contributed by atoms with Crippen LogP contribution >= 0.6 is 12.4 Å². The highest BCUT2D eigenvalue weighted by atomic mass is 35.5. The van der Waals surface area contributed by atoms with Crippen molar-refractivity contribution >= 4 is 18.4 Å².